The average Bonchev–Trinajstić information content (AvgIpc) is 2.48. The summed E-state index contributed by atoms with van der Waals surface area (Å²) in [7, 11) is 0. The lowest BCUT2D eigenvalue weighted by atomic mass is 10.2. The molecule has 3 aromatic heterocycles. The van der Waals surface area contributed by atoms with Crippen molar-refractivity contribution in [3.05, 3.63) is 65.3 Å². The second kappa shape index (κ2) is 4.81. The molecule has 0 atom stereocenters. The van der Waals surface area contributed by atoms with Gasteiger partial charge in [-0.3, -0.25) is 9.97 Å². The highest BCUT2D eigenvalue weighted by Gasteiger charge is 2.06. The third kappa shape index (κ3) is 2.40. The van der Waals surface area contributed by atoms with Gasteiger partial charge in [-0.25, -0.2) is 4.79 Å². The summed E-state index contributed by atoms with van der Waals surface area (Å²) in [6.45, 7) is 0. The molecule has 0 aliphatic carbocycles. The summed E-state index contributed by atoms with van der Waals surface area (Å²) in [5.74, 6) is 0. The van der Waals surface area contributed by atoms with E-state index >= 15 is 0 Å². The first kappa shape index (κ1) is 11.3. The van der Waals surface area contributed by atoms with E-state index in [4.69, 9.17) is 0 Å². The standard InChI is InChI=1S/C14H10N4O/c19-14-17-12(10-5-1-3-7-15-10)9-13(18-14)11-6-2-4-8-16-11/h1-9H,(H,17,18,19). The maximum Gasteiger partial charge on any atom is 0.346 e. The summed E-state index contributed by atoms with van der Waals surface area (Å²) in [6.07, 6.45) is 3.34. The third-order valence-electron chi connectivity index (χ3n) is 2.61. The van der Waals surface area contributed by atoms with Gasteiger partial charge in [0.1, 0.15) is 0 Å². The molecule has 1 N–H and O–H groups in total. The summed E-state index contributed by atoms with van der Waals surface area (Å²) in [5, 5.41) is 0. The molecule has 0 saturated carbocycles. The normalized spacial score (nSPS) is 10.3. The molecule has 3 rings (SSSR count). The summed E-state index contributed by atoms with van der Waals surface area (Å²) in [5.41, 5.74) is 2.10. The summed E-state index contributed by atoms with van der Waals surface area (Å²) >= 11 is 0. The highest BCUT2D eigenvalue weighted by molar-refractivity contribution is 5.62. The van der Waals surface area contributed by atoms with Gasteiger partial charge in [0, 0.05) is 12.4 Å². The molecule has 19 heavy (non-hydrogen) atoms. The first-order valence-corrected chi connectivity index (χ1v) is 5.77. The van der Waals surface area contributed by atoms with Gasteiger partial charge in [-0.15, -0.1) is 0 Å². The van der Waals surface area contributed by atoms with E-state index < -0.39 is 5.69 Å². The molecule has 5 heteroatoms. The van der Waals surface area contributed by atoms with Crippen LogP contribution in [0.3, 0.4) is 0 Å². The van der Waals surface area contributed by atoms with E-state index in [1.165, 1.54) is 0 Å². The number of nitrogens with one attached hydrogen (secondary N) is 1. The number of aromatic nitrogens is 4. The monoisotopic (exact) mass is 250 g/mol. The molecular weight excluding hydrogens is 240 g/mol. The number of pyridine rings is 2. The number of aromatic amines is 1. The molecule has 0 amide bonds. The van der Waals surface area contributed by atoms with Crippen LogP contribution in [0.5, 0.6) is 0 Å². The van der Waals surface area contributed by atoms with Gasteiger partial charge >= 0.3 is 5.69 Å². The Kier molecular flexibility index (Phi) is 2.86. The molecule has 3 aromatic rings. The van der Waals surface area contributed by atoms with Crippen molar-refractivity contribution in [2.45, 2.75) is 0 Å². The number of rotatable bonds is 2. The Balaban J connectivity index is 2.15. The second-order valence-corrected chi connectivity index (χ2v) is 3.92. The van der Waals surface area contributed by atoms with E-state index in [0.717, 1.165) is 0 Å². The predicted octanol–water partition coefficient (Wildman–Crippen LogP) is 1.89. The molecule has 5 nitrogen and oxygen atoms in total. The Bertz CT molecular complexity index is 677. The summed E-state index contributed by atoms with van der Waals surface area (Å²) in [6, 6.07) is 12.8. The lowest BCUT2D eigenvalue weighted by Gasteiger charge is -2.03. The quantitative estimate of drug-likeness (QED) is 0.754. The van der Waals surface area contributed by atoms with Gasteiger partial charge in [-0.2, -0.15) is 4.98 Å². The van der Waals surface area contributed by atoms with Crippen molar-refractivity contribution in [2.75, 3.05) is 0 Å². The minimum absolute atomic E-state index is 0.413. The lowest BCUT2D eigenvalue weighted by molar-refractivity contribution is 1.07. The minimum atomic E-state index is -0.413. The molecule has 0 aliphatic heterocycles. The molecule has 0 fully saturated rings. The maximum atomic E-state index is 11.6. The Morgan fingerprint density at radius 2 is 1.53 bits per heavy atom. The predicted molar refractivity (Wildman–Crippen MR) is 71.3 cm³/mol. The molecule has 0 radical (unpaired) electrons. The fraction of sp³-hybridized carbons (Fsp3) is 0. The molecule has 0 aliphatic rings. The Hall–Kier alpha value is -2.82. The first-order valence-electron chi connectivity index (χ1n) is 5.77. The molecule has 92 valence electrons. The van der Waals surface area contributed by atoms with Crippen molar-refractivity contribution in [3.8, 4) is 22.8 Å². The zero-order chi connectivity index (χ0) is 13.1. The maximum absolute atomic E-state index is 11.6. The molecular formula is C14H10N4O. The van der Waals surface area contributed by atoms with Crippen molar-refractivity contribution in [3.63, 3.8) is 0 Å². The van der Waals surface area contributed by atoms with Crippen LogP contribution in [0.4, 0.5) is 0 Å². The van der Waals surface area contributed by atoms with Crippen LogP contribution in [0.25, 0.3) is 22.8 Å². The Labute approximate surface area is 109 Å². The van der Waals surface area contributed by atoms with E-state index in [9.17, 15) is 4.79 Å². The molecule has 0 bridgehead atoms. The first-order chi connectivity index (χ1) is 9.33. The number of hydrogen-bond acceptors (Lipinski definition) is 4. The van der Waals surface area contributed by atoms with E-state index in [1.807, 2.05) is 36.4 Å². The van der Waals surface area contributed by atoms with E-state index in [2.05, 4.69) is 19.9 Å². The smallest absolute Gasteiger partial charge is 0.304 e. The largest absolute Gasteiger partial charge is 0.346 e. The zero-order valence-electron chi connectivity index (χ0n) is 9.95. The Morgan fingerprint density at radius 3 is 2.16 bits per heavy atom. The van der Waals surface area contributed by atoms with Crippen LogP contribution >= 0.6 is 0 Å². The van der Waals surface area contributed by atoms with Gasteiger partial charge in [0.2, 0.25) is 0 Å². The fourth-order valence-electron chi connectivity index (χ4n) is 1.76. The molecule has 3 heterocycles. The highest BCUT2D eigenvalue weighted by atomic mass is 16.1. The van der Waals surface area contributed by atoms with Crippen LogP contribution < -0.4 is 5.69 Å². The van der Waals surface area contributed by atoms with Crippen LogP contribution in [0.1, 0.15) is 0 Å². The van der Waals surface area contributed by atoms with Crippen LogP contribution in [-0.4, -0.2) is 19.9 Å². The summed E-state index contributed by atoms with van der Waals surface area (Å²) in [4.78, 5) is 26.6. The van der Waals surface area contributed by atoms with Gasteiger partial charge in [-0.1, -0.05) is 12.1 Å². The zero-order valence-corrected chi connectivity index (χ0v) is 9.95. The topological polar surface area (TPSA) is 71.5 Å². The van der Waals surface area contributed by atoms with Gasteiger partial charge < -0.3 is 4.98 Å². The van der Waals surface area contributed by atoms with Crippen molar-refractivity contribution in [1.29, 1.82) is 0 Å². The van der Waals surface area contributed by atoms with Crippen molar-refractivity contribution in [1.82, 2.24) is 19.9 Å². The second-order valence-electron chi connectivity index (χ2n) is 3.92. The SMILES string of the molecule is O=c1nc(-c2ccccn2)cc(-c2ccccn2)[nH]1. The van der Waals surface area contributed by atoms with Gasteiger partial charge in [0.15, 0.2) is 0 Å². The molecule has 0 spiro atoms. The van der Waals surface area contributed by atoms with Gasteiger partial charge in [0.25, 0.3) is 0 Å². The third-order valence-corrected chi connectivity index (χ3v) is 2.61. The lowest BCUT2D eigenvalue weighted by Crippen LogP contribution is -2.12. The van der Waals surface area contributed by atoms with Crippen molar-refractivity contribution in [2.24, 2.45) is 0 Å². The van der Waals surface area contributed by atoms with Gasteiger partial charge in [-0.05, 0) is 30.3 Å². The van der Waals surface area contributed by atoms with Gasteiger partial charge in [0.05, 0.1) is 22.8 Å². The van der Waals surface area contributed by atoms with Crippen LogP contribution in [0.15, 0.2) is 59.7 Å². The number of hydrogen-bond donors (Lipinski definition) is 1. The molecule has 0 aromatic carbocycles. The van der Waals surface area contributed by atoms with Crippen LogP contribution in [0.2, 0.25) is 0 Å². The van der Waals surface area contributed by atoms with Crippen molar-refractivity contribution < 1.29 is 0 Å². The average molecular weight is 250 g/mol. The van der Waals surface area contributed by atoms with E-state index in [0.29, 0.717) is 22.8 Å². The molecule has 0 saturated heterocycles. The van der Waals surface area contributed by atoms with E-state index in [-0.39, 0.29) is 0 Å². The number of H-pyrrole nitrogens is 1. The Morgan fingerprint density at radius 1 is 0.842 bits per heavy atom. The fourth-order valence-corrected chi connectivity index (χ4v) is 1.76. The van der Waals surface area contributed by atoms with E-state index in [1.54, 1.807) is 18.5 Å². The minimum Gasteiger partial charge on any atom is -0.304 e. The number of nitrogens with zero attached hydrogens (tertiary/aromatic N) is 3. The van der Waals surface area contributed by atoms with Crippen LogP contribution in [0, 0.1) is 0 Å². The van der Waals surface area contributed by atoms with Crippen LogP contribution in [-0.2, 0) is 0 Å². The highest BCUT2D eigenvalue weighted by Crippen LogP contribution is 2.17. The van der Waals surface area contributed by atoms with Crippen molar-refractivity contribution >= 4 is 0 Å². The summed E-state index contributed by atoms with van der Waals surface area (Å²) < 4.78 is 0. The molecule has 0 unspecified atom stereocenters.